The zero-order valence-corrected chi connectivity index (χ0v) is 11.0. The van der Waals surface area contributed by atoms with Gasteiger partial charge in [0.05, 0.1) is 5.75 Å². The van der Waals surface area contributed by atoms with Crippen molar-refractivity contribution in [3.8, 4) is 0 Å². The van der Waals surface area contributed by atoms with Crippen molar-refractivity contribution < 1.29 is 8.42 Å². The van der Waals surface area contributed by atoms with Gasteiger partial charge in [0.15, 0.2) is 9.84 Å². The summed E-state index contributed by atoms with van der Waals surface area (Å²) in [5.74, 6) is 1.59. The van der Waals surface area contributed by atoms with Crippen LogP contribution in [0.1, 0.15) is 39.0 Å². The lowest BCUT2D eigenvalue weighted by Crippen LogP contribution is -2.30. The first-order chi connectivity index (χ1) is 7.58. The molecule has 0 bridgehead atoms. The molecule has 2 rings (SSSR count). The molecule has 2 aliphatic rings. The molecule has 2 fully saturated rings. The van der Waals surface area contributed by atoms with E-state index in [1.807, 2.05) is 6.92 Å². The Morgan fingerprint density at radius 2 is 1.94 bits per heavy atom. The van der Waals surface area contributed by atoms with Crippen molar-refractivity contribution in [1.29, 1.82) is 0 Å². The van der Waals surface area contributed by atoms with Gasteiger partial charge in [0, 0.05) is 18.8 Å². The van der Waals surface area contributed by atoms with Crippen molar-refractivity contribution in [1.82, 2.24) is 5.32 Å². The molecule has 2 aliphatic carbocycles. The summed E-state index contributed by atoms with van der Waals surface area (Å²) < 4.78 is 23.0. The van der Waals surface area contributed by atoms with Crippen LogP contribution in [0.15, 0.2) is 0 Å². The van der Waals surface area contributed by atoms with E-state index in [9.17, 15) is 8.42 Å². The van der Waals surface area contributed by atoms with Gasteiger partial charge in [-0.1, -0.05) is 6.92 Å². The minimum Gasteiger partial charge on any atom is -0.315 e. The fraction of sp³-hybridized carbons (Fsp3) is 1.00. The summed E-state index contributed by atoms with van der Waals surface area (Å²) in [5, 5.41) is 3.34. The third-order valence-electron chi connectivity index (χ3n) is 3.92. The molecule has 0 atom stereocenters. The van der Waals surface area contributed by atoms with E-state index in [1.165, 1.54) is 25.7 Å². The SMILES string of the molecule is CCCS(=O)(=O)CCNCC1(C2CC2)CC1. The predicted molar refractivity (Wildman–Crippen MR) is 66.2 cm³/mol. The monoisotopic (exact) mass is 245 g/mol. The molecule has 4 heteroatoms. The van der Waals surface area contributed by atoms with Crippen LogP contribution in [0.4, 0.5) is 0 Å². The van der Waals surface area contributed by atoms with Crippen LogP contribution in [-0.4, -0.2) is 33.0 Å². The first kappa shape index (κ1) is 12.4. The molecule has 3 nitrogen and oxygen atoms in total. The number of sulfone groups is 1. The first-order valence-electron chi connectivity index (χ1n) is 6.49. The molecular formula is C12H23NO2S. The van der Waals surface area contributed by atoms with Crippen molar-refractivity contribution in [3.63, 3.8) is 0 Å². The molecule has 1 N–H and O–H groups in total. The normalized spacial score (nSPS) is 23.3. The zero-order chi connectivity index (χ0) is 11.6. The first-order valence-corrected chi connectivity index (χ1v) is 8.31. The molecule has 0 unspecified atom stereocenters. The predicted octanol–water partition coefficient (Wildman–Crippen LogP) is 1.59. The second-order valence-electron chi connectivity index (χ2n) is 5.47. The summed E-state index contributed by atoms with van der Waals surface area (Å²) in [5.41, 5.74) is 0.578. The third-order valence-corrected chi connectivity index (χ3v) is 5.77. The van der Waals surface area contributed by atoms with Crippen LogP contribution in [0, 0.1) is 11.3 Å². The van der Waals surface area contributed by atoms with Crippen LogP contribution in [-0.2, 0) is 9.84 Å². The van der Waals surface area contributed by atoms with E-state index >= 15 is 0 Å². The number of nitrogens with one attached hydrogen (secondary N) is 1. The van der Waals surface area contributed by atoms with Gasteiger partial charge in [-0.2, -0.15) is 0 Å². The highest BCUT2D eigenvalue weighted by atomic mass is 32.2. The Balaban J connectivity index is 1.62. The molecule has 0 saturated heterocycles. The van der Waals surface area contributed by atoms with Gasteiger partial charge in [-0.05, 0) is 43.4 Å². The molecule has 16 heavy (non-hydrogen) atoms. The molecule has 94 valence electrons. The quantitative estimate of drug-likeness (QED) is 0.661. The van der Waals surface area contributed by atoms with Crippen molar-refractivity contribution in [2.24, 2.45) is 11.3 Å². The van der Waals surface area contributed by atoms with Gasteiger partial charge in [-0.3, -0.25) is 0 Å². The summed E-state index contributed by atoms with van der Waals surface area (Å²) in [6.07, 6.45) is 6.23. The fourth-order valence-electron chi connectivity index (χ4n) is 2.56. The summed E-state index contributed by atoms with van der Waals surface area (Å²) in [6, 6.07) is 0. The van der Waals surface area contributed by atoms with E-state index in [-0.39, 0.29) is 0 Å². The molecule has 0 aliphatic heterocycles. The highest BCUT2D eigenvalue weighted by Gasteiger charge is 2.53. The minimum atomic E-state index is -2.80. The highest BCUT2D eigenvalue weighted by molar-refractivity contribution is 7.91. The van der Waals surface area contributed by atoms with Gasteiger partial charge in [-0.15, -0.1) is 0 Å². The lowest BCUT2D eigenvalue weighted by atomic mass is 10.0. The molecule has 0 aromatic heterocycles. The Hall–Kier alpha value is -0.0900. The van der Waals surface area contributed by atoms with Crippen LogP contribution in [0.2, 0.25) is 0 Å². The molecule has 0 amide bonds. The van der Waals surface area contributed by atoms with Crippen LogP contribution in [0.3, 0.4) is 0 Å². The number of rotatable bonds is 8. The molecule has 0 spiro atoms. The van der Waals surface area contributed by atoms with E-state index in [0.29, 0.717) is 23.5 Å². The summed E-state index contributed by atoms with van der Waals surface area (Å²) in [6.45, 7) is 3.59. The van der Waals surface area contributed by atoms with E-state index in [4.69, 9.17) is 0 Å². The van der Waals surface area contributed by atoms with Crippen molar-refractivity contribution in [2.75, 3.05) is 24.6 Å². The van der Waals surface area contributed by atoms with Gasteiger partial charge < -0.3 is 5.32 Å². The smallest absolute Gasteiger partial charge is 0.151 e. The van der Waals surface area contributed by atoms with Crippen molar-refractivity contribution >= 4 is 9.84 Å². The second kappa shape index (κ2) is 4.65. The van der Waals surface area contributed by atoms with Crippen molar-refractivity contribution in [2.45, 2.75) is 39.0 Å². The average molecular weight is 245 g/mol. The second-order valence-corrected chi connectivity index (χ2v) is 7.77. The zero-order valence-electron chi connectivity index (χ0n) is 10.2. The van der Waals surface area contributed by atoms with Crippen molar-refractivity contribution in [3.05, 3.63) is 0 Å². The van der Waals surface area contributed by atoms with E-state index in [1.54, 1.807) is 0 Å². The fourth-order valence-corrected chi connectivity index (χ4v) is 3.85. The average Bonchev–Trinajstić information content (AvgIpc) is 3.03. The molecule has 0 aromatic carbocycles. The Bertz CT molecular complexity index is 329. The van der Waals surface area contributed by atoms with Crippen LogP contribution in [0.5, 0.6) is 0 Å². The van der Waals surface area contributed by atoms with E-state index in [0.717, 1.165) is 18.9 Å². The summed E-state index contributed by atoms with van der Waals surface area (Å²) in [4.78, 5) is 0. The molecule has 0 heterocycles. The molecule has 0 aromatic rings. The molecular weight excluding hydrogens is 222 g/mol. The molecule has 2 saturated carbocycles. The van der Waals surface area contributed by atoms with Gasteiger partial charge in [-0.25, -0.2) is 8.42 Å². The van der Waals surface area contributed by atoms with Gasteiger partial charge in [0.1, 0.15) is 0 Å². The topological polar surface area (TPSA) is 46.2 Å². The maximum atomic E-state index is 11.5. The van der Waals surface area contributed by atoms with Gasteiger partial charge in [0.25, 0.3) is 0 Å². The maximum Gasteiger partial charge on any atom is 0.151 e. The van der Waals surface area contributed by atoms with E-state index in [2.05, 4.69) is 5.32 Å². The largest absolute Gasteiger partial charge is 0.315 e. The minimum absolute atomic E-state index is 0.307. The Morgan fingerprint density at radius 1 is 1.25 bits per heavy atom. The van der Waals surface area contributed by atoms with Gasteiger partial charge in [0.2, 0.25) is 0 Å². The van der Waals surface area contributed by atoms with Crippen LogP contribution >= 0.6 is 0 Å². The standard InChI is InChI=1S/C12H23NO2S/c1-2-8-16(14,15)9-7-13-10-12(5-6-12)11-3-4-11/h11,13H,2-10H2,1H3. The van der Waals surface area contributed by atoms with Gasteiger partial charge >= 0.3 is 0 Å². The molecule has 0 radical (unpaired) electrons. The van der Waals surface area contributed by atoms with Crippen LogP contribution in [0.25, 0.3) is 0 Å². The Labute approximate surface area is 98.9 Å². The van der Waals surface area contributed by atoms with E-state index < -0.39 is 9.84 Å². The Kier molecular flexibility index (Phi) is 3.59. The summed E-state index contributed by atoms with van der Waals surface area (Å²) >= 11 is 0. The summed E-state index contributed by atoms with van der Waals surface area (Å²) in [7, 11) is -2.80. The number of hydrogen-bond donors (Lipinski definition) is 1. The number of hydrogen-bond acceptors (Lipinski definition) is 3. The maximum absolute atomic E-state index is 11.5. The Morgan fingerprint density at radius 3 is 2.44 bits per heavy atom. The third kappa shape index (κ3) is 3.20. The highest BCUT2D eigenvalue weighted by Crippen LogP contribution is 2.60. The lowest BCUT2D eigenvalue weighted by Gasteiger charge is -2.14. The van der Waals surface area contributed by atoms with Crippen LogP contribution < -0.4 is 5.32 Å². The lowest BCUT2D eigenvalue weighted by molar-refractivity contribution is 0.409.